The molecule has 1 saturated carbocycles. The second kappa shape index (κ2) is 14.6. The van der Waals surface area contributed by atoms with E-state index < -0.39 is 0 Å². The smallest absolute Gasteiger partial charge is 0.253 e. The van der Waals surface area contributed by atoms with Crippen LogP contribution >= 0.6 is 11.6 Å². The highest BCUT2D eigenvalue weighted by Gasteiger charge is 2.18. The third-order valence-corrected chi connectivity index (χ3v) is 6.59. The van der Waals surface area contributed by atoms with Gasteiger partial charge >= 0.3 is 0 Å². The summed E-state index contributed by atoms with van der Waals surface area (Å²) >= 11 is 6.27. The van der Waals surface area contributed by atoms with Gasteiger partial charge in [0.2, 0.25) is 5.91 Å². The maximum atomic E-state index is 12.7. The molecule has 0 radical (unpaired) electrons. The summed E-state index contributed by atoms with van der Waals surface area (Å²) in [4.78, 5) is 25.1. The Hall–Kier alpha value is -2.73. The van der Waals surface area contributed by atoms with Crippen LogP contribution in [0, 0.1) is 0 Å². The van der Waals surface area contributed by atoms with Gasteiger partial charge in [-0.2, -0.15) is 0 Å². The van der Waals surface area contributed by atoms with Crippen LogP contribution in [-0.4, -0.2) is 31.0 Å². The topological polar surface area (TPSA) is 79.5 Å². The summed E-state index contributed by atoms with van der Waals surface area (Å²) in [6, 6.07) is 12.7. The van der Waals surface area contributed by atoms with Crippen LogP contribution in [0.25, 0.3) is 0 Å². The minimum absolute atomic E-state index is 0.0708. The average molecular weight is 500 g/mol. The van der Waals surface area contributed by atoms with Crippen LogP contribution < -0.4 is 20.7 Å². The third kappa shape index (κ3) is 9.44. The summed E-state index contributed by atoms with van der Waals surface area (Å²) in [6.07, 6.45) is 11.5. The molecule has 1 aliphatic rings. The lowest BCUT2D eigenvalue weighted by atomic mass is 9.95. The minimum Gasteiger partial charge on any atom is -0.494 e. The first-order valence-corrected chi connectivity index (χ1v) is 13.3. The average Bonchev–Trinajstić information content (AvgIpc) is 2.87. The molecule has 0 aliphatic heterocycles. The number of amides is 2. The van der Waals surface area contributed by atoms with Crippen LogP contribution in [0.2, 0.25) is 5.02 Å². The SMILES string of the molecule is CCCCCCCOc1ccc(NC(=O)CNc2ccc(Cl)c(C(=O)NC3CCCCC3)c2)cc1. The number of carbonyl (C=O) groups excluding carboxylic acids is 2. The first kappa shape index (κ1) is 26.9. The summed E-state index contributed by atoms with van der Waals surface area (Å²) in [7, 11) is 0. The molecule has 0 atom stereocenters. The standard InChI is InChI=1S/C28H38ClN3O3/c1-2-3-4-5-9-18-35-24-15-12-22(13-16-24)31-27(33)20-30-23-14-17-26(29)25(19-23)28(34)32-21-10-7-6-8-11-21/h12-17,19,21,30H,2-11,18,20H2,1H3,(H,31,33)(H,32,34). The Morgan fingerprint density at radius 2 is 1.66 bits per heavy atom. The molecule has 1 fully saturated rings. The van der Waals surface area contributed by atoms with E-state index in [0.717, 1.165) is 37.9 Å². The lowest BCUT2D eigenvalue weighted by Crippen LogP contribution is -2.36. The van der Waals surface area contributed by atoms with Crippen molar-refractivity contribution in [2.75, 3.05) is 23.8 Å². The molecule has 1 aliphatic carbocycles. The van der Waals surface area contributed by atoms with Gasteiger partial charge in [0.15, 0.2) is 0 Å². The van der Waals surface area contributed by atoms with Crippen LogP contribution in [0.15, 0.2) is 42.5 Å². The summed E-state index contributed by atoms with van der Waals surface area (Å²) < 4.78 is 5.77. The van der Waals surface area contributed by atoms with Gasteiger partial charge in [-0.1, -0.05) is 63.5 Å². The molecule has 0 unspecified atom stereocenters. The van der Waals surface area contributed by atoms with E-state index in [1.54, 1.807) is 18.2 Å². The van der Waals surface area contributed by atoms with Crippen LogP contribution in [0.5, 0.6) is 5.75 Å². The molecular formula is C28H38ClN3O3. The number of halogens is 1. The molecule has 2 aromatic carbocycles. The monoisotopic (exact) mass is 499 g/mol. The molecule has 0 spiro atoms. The van der Waals surface area contributed by atoms with Gasteiger partial charge in [0, 0.05) is 17.4 Å². The molecule has 0 aromatic heterocycles. The Morgan fingerprint density at radius 3 is 2.40 bits per heavy atom. The molecule has 6 nitrogen and oxygen atoms in total. The highest BCUT2D eigenvalue weighted by molar-refractivity contribution is 6.34. The highest BCUT2D eigenvalue weighted by atomic mass is 35.5. The predicted octanol–water partition coefficient (Wildman–Crippen LogP) is 6.80. The second-order valence-corrected chi connectivity index (χ2v) is 9.60. The first-order valence-electron chi connectivity index (χ1n) is 12.9. The van der Waals surface area contributed by atoms with Gasteiger partial charge in [0.1, 0.15) is 5.75 Å². The fraction of sp³-hybridized carbons (Fsp3) is 0.500. The number of nitrogens with one attached hydrogen (secondary N) is 3. The Balaban J connectivity index is 1.42. The van der Waals surface area contributed by atoms with Crippen molar-refractivity contribution in [1.29, 1.82) is 0 Å². The van der Waals surface area contributed by atoms with Crippen LogP contribution in [0.1, 0.15) is 81.5 Å². The van der Waals surface area contributed by atoms with E-state index in [1.807, 2.05) is 24.3 Å². The van der Waals surface area contributed by atoms with Crippen molar-refractivity contribution in [3.05, 3.63) is 53.1 Å². The number of benzene rings is 2. The van der Waals surface area contributed by atoms with E-state index in [4.69, 9.17) is 16.3 Å². The lowest BCUT2D eigenvalue weighted by molar-refractivity contribution is -0.114. The maximum Gasteiger partial charge on any atom is 0.253 e. The zero-order chi connectivity index (χ0) is 24.9. The third-order valence-electron chi connectivity index (χ3n) is 6.26. The summed E-state index contributed by atoms with van der Waals surface area (Å²) in [6.45, 7) is 2.99. The van der Waals surface area contributed by atoms with Crippen molar-refractivity contribution in [2.45, 2.75) is 77.2 Å². The van der Waals surface area contributed by atoms with Gasteiger partial charge in [-0.05, 0) is 61.7 Å². The van der Waals surface area contributed by atoms with Gasteiger partial charge in [-0.15, -0.1) is 0 Å². The first-order chi connectivity index (χ1) is 17.0. The largest absolute Gasteiger partial charge is 0.494 e. The summed E-state index contributed by atoms with van der Waals surface area (Å²) in [5.41, 5.74) is 1.79. The maximum absolute atomic E-state index is 12.7. The molecular weight excluding hydrogens is 462 g/mol. The molecule has 3 N–H and O–H groups in total. The van der Waals surface area contributed by atoms with E-state index in [-0.39, 0.29) is 24.4 Å². The number of hydrogen-bond acceptors (Lipinski definition) is 4. The van der Waals surface area contributed by atoms with Crippen molar-refractivity contribution in [3.63, 3.8) is 0 Å². The molecule has 2 aromatic rings. The van der Waals surface area contributed by atoms with Gasteiger partial charge in [0.25, 0.3) is 5.91 Å². The molecule has 7 heteroatoms. The van der Waals surface area contributed by atoms with Crippen LogP contribution in [0.4, 0.5) is 11.4 Å². The predicted molar refractivity (Wildman–Crippen MR) is 144 cm³/mol. The molecule has 190 valence electrons. The van der Waals surface area contributed by atoms with E-state index in [2.05, 4.69) is 22.9 Å². The zero-order valence-corrected chi connectivity index (χ0v) is 21.5. The fourth-order valence-corrected chi connectivity index (χ4v) is 4.44. The van der Waals surface area contributed by atoms with Gasteiger partial charge in [-0.3, -0.25) is 9.59 Å². The normalized spacial score (nSPS) is 13.8. The molecule has 0 saturated heterocycles. The molecule has 35 heavy (non-hydrogen) atoms. The van der Waals surface area contributed by atoms with Gasteiger partial charge < -0.3 is 20.7 Å². The molecule has 0 bridgehead atoms. The summed E-state index contributed by atoms with van der Waals surface area (Å²) in [5.74, 6) is 0.452. The van der Waals surface area contributed by atoms with Crippen molar-refractivity contribution in [1.82, 2.24) is 5.32 Å². The van der Waals surface area contributed by atoms with Crippen LogP contribution in [-0.2, 0) is 4.79 Å². The van der Waals surface area contributed by atoms with Crippen molar-refractivity contribution < 1.29 is 14.3 Å². The fourth-order valence-electron chi connectivity index (χ4n) is 4.24. The molecule has 0 heterocycles. The quantitative estimate of drug-likeness (QED) is 0.265. The van der Waals surface area contributed by atoms with Crippen molar-refractivity contribution in [3.8, 4) is 5.75 Å². The van der Waals surface area contributed by atoms with Crippen molar-refractivity contribution >= 4 is 34.8 Å². The number of rotatable bonds is 13. The van der Waals surface area contributed by atoms with E-state index >= 15 is 0 Å². The zero-order valence-electron chi connectivity index (χ0n) is 20.7. The number of unbranched alkanes of at least 4 members (excludes halogenated alkanes) is 4. The number of carbonyl (C=O) groups is 2. The lowest BCUT2D eigenvalue weighted by Gasteiger charge is -2.23. The van der Waals surface area contributed by atoms with Gasteiger partial charge in [-0.25, -0.2) is 0 Å². The van der Waals surface area contributed by atoms with Crippen LogP contribution in [0.3, 0.4) is 0 Å². The Labute approximate surface area is 214 Å². The van der Waals surface area contributed by atoms with Crippen molar-refractivity contribution in [2.24, 2.45) is 0 Å². The Morgan fingerprint density at radius 1 is 0.943 bits per heavy atom. The van der Waals surface area contributed by atoms with E-state index in [9.17, 15) is 9.59 Å². The van der Waals surface area contributed by atoms with Gasteiger partial charge in [0.05, 0.1) is 23.7 Å². The molecule has 3 rings (SSSR count). The second-order valence-electron chi connectivity index (χ2n) is 9.19. The number of ether oxygens (including phenoxy) is 1. The number of anilines is 2. The Bertz CT molecular complexity index is 943. The van der Waals surface area contributed by atoms with E-state index in [1.165, 1.54) is 32.1 Å². The minimum atomic E-state index is -0.183. The van der Waals surface area contributed by atoms with E-state index in [0.29, 0.717) is 28.6 Å². The Kier molecular flexibility index (Phi) is 11.2. The molecule has 2 amide bonds. The highest BCUT2D eigenvalue weighted by Crippen LogP contribution is 2.23. The summed E-state index contributed by atoms with van der Waals surface area (Å²) in [5, 5.41) is 9.43. The number of hydrogen-bond donors (Lipinski definition) is 3.